The number of carbonyl (C=O) groups excluding carboxylic acids is 1. The maximum atomic E-state index is 12.4. The summed E-state index contributed by atoms with van der Waals surface area (Å²) in [5.41, 5.74) is -0.422. The Kier molecular flexibility index (Phi) is 4.91. The molecule has 0 spiro atoms. The molecule has 2 rings (SSSR count). The van der Waals surface area contributed by atoms with Crippen molar-refractivity contribution in [3.05, 3.63) is 0 Å². The van der Waals surface area contributed by atoms with Crippen LogP contribution in [-0.2, 0) is 4.74 Å². The number of hydrogen-bond acceptors (Lipinski definition) is 4. The average Bonchev–Trinajstić information content (AvgIpc) is 2.37. The lowest BCUT2D eigenvalue weighted by Crippen LogP contribution is -2.59. The number of nitrogens with one attached hydrogen (secondary N) is 1. The van der Waals surface area contributed by atoms with Gasteiger partial charge in [0.05, 0.1) is 6.17 Å². The Morgan fingerprint density at radius 2 is 1.85 bits per heavy atom. The number of hydrogen-bond donors (Lipinski definition) is 1. The van der Waals surface area contributed by atoms with Gasteiger partial charge in [-0.3, -0.25) is 9.80 Å². The van der Waals surface area contributed by atoms with Crippen molar-refractivity contribution in [1.82, 2.24) is 15.1 Å². The van der Waals surface area contributed by atoms with E-state index in [2.05, 4.69) is 17.1 Å². The molecule has 2 aliphatic heterocycles. The first kappa shape index (κ1) is 15.6. The number of likely N-dealkylation sites (tertiary alicyclic amines) is 1. The van der Waals surface area contributed by atoms with Gasteiger partial charge < -0.3 is 10.1 Å². The summed E-state index contributed by atoms with van der Waals surface area (Å²) in [6.45, 7) is 12.9. The SMILES string of the molecule is CC1CCN(C(=O)OC(C)(C)C)C(N2CCNCC2)C1. The first-order valence-corrected chi connectivity index (χ1v) is 7.81. The van der Waals surface area contributed by atoms with Gasteiger partial charge in [-0.25, -0.2) is 4.79 Å². The van der Waals surface area contributed by atoms with Crippen molar-refractivity contribution in [2.24, 2.45) is 5.92 Å². The molecule has 5 heteroatoms. The third kappa shape index (κ3) is 4.09. The van der Waals surface area contributed by atoms with Crippen molar-refractivity contribution in [3.8, 4) is 0 Å². The number of amides is 1. The molecule has 0 aliphatic carbocycles. The van der Waals surface area contributed by atoms with Crippen LogP contribution in [0.4, 0.5) is 4.79 Å². The normalized spacial score (nSPS) is 29.3. The summed E-state index contributed by atoms with van der Waals surface area (Å²) < 4.78 is 5.58. The van der Waals surface area contributed by atoms with E-state index in [-0.39, 0.29) is 12.3 Å². The van der Waals surface area contributed by atoms with Crippen molar-refractivity contribution in [2.75, 3.05) is 32.7 Å². The summed E-state index contributed by atoms with van der Waals surface area (Å²) >= 11 is 0. The number of ether oxygens (including phenoxy) is 1. The van der Waals surface area contributed by atoms with Gasteiger partial charge >= 0.3 is 6.09 Å². The Labute approximate surface area is 122 Å². The smallest absolute Gasteiger partial charge is 0.411 e. The molecule has 1 amide bonds. The van der Waals surface area contributed by atoms with Crippen LogP contribution in [0, 0.1) is 5.92 Å². The lowest BCUT2D eigenvalue weighted by Gasteiger charge is -2.45. The molecule has 5 nitrogen and oxygen atoms in total. The van der Waals surface area contributed by atoms with Gasteiger partial charge in [-0.1, -0.05) is 6.92 Å². The first-order valence-electron chi connectivity index (χ1n) is 7.81. The van der Waals surface area contributed by atoms with Gasteiger partial charge in [-0.05, 0) is 39.5 Å². The van der Waals surface area contributed by atoms with Crippen molar-refractivity contribution in [1.29, 1.82) is 0 Å². The van der Waals surface area contributed by atoms with Gasteiger partial charge in [0, 0.05) is 32.7 Å². The van der Waals surface area contributed by atoms with Gasteiger partial charge in [-0.15, -0.1) is 0 Å². The summed E-state index contributed by atoms with van der Waals surface area (Å²) in [5, 5.41) is 3.37. The fourth-order valence-corrected chi connectivity index (χ4v) is 2.97. The molecule has 20 heavy (non-hydrogen) atoms. The molecule has 0 aromatic rings. The summed E-state index contributed by atoms with van der Waals surface area (Å²) in [5.74, 6) is 0.675. The van der Waals surface area contributed by atoms with Crippen LogP contribution in [-0.4, -0.2) is 60.4 Å². The third-order valence-corrected chi connectivity index (χ3v) is 4.04. The quantitative estimate of drug-likeness (QED) is 0.798. The van der Waals surface area contributed by atoms with E-state index in [1.165, 1.54) is 0 Å². The largest absolute Gasteiger partial charge is 0.444 e. The monoisotopic (exact) mass is 283 g/mol. The second kappa shape index (κ2) is 6.31. The van der Waals surface area contributed by atoms with Crippen LogP contribution in [0.2, 0.25) is 0 Å². The lowest BCUT2D eigenvalue weighted by molar-refractivity contribution is -0.0356. The maximum Gasteiger partial charge on any atom is 0.411 e. The van der Waals surface area contributed by atoms with Crippen LogP contribution in [0.25, 0.3) is 0 Å². The van der Waals surface area contributed by atoms with Crippen LogP contribution in [0.1, 0.15) is 40.5 Å². The predicted octanol–water partition coefficient (Wildman–Crippen LogP) is 1.88. The number of nitrogens with zero attached hydrogens (tertiary/aromatic N) is 2. The Balaban J connectivity index is 2.05. The van der Waals surface area contributed by atoms with Crippen LogP contribution < -0.4 is 5.32 Å². The van der Waals surface area contributed by atoms with Gasteiger partial charge in [0.15, 0.2) is 0 Å². The highest BCUT2D eigenvalue weighted by atomic mass is 16.6. The molecular weight excluding hydrogens is 254 g/mol. The minimum absolute atomic E-state index is 0.159. The molecule has 0 aromatic heterocycles. The molecule has 0 radical (unpaired) electrons. The zero-order valence-electron chi connectivity index (χ0n) is 13.3. The van der Waals surface area contributed by atoms with Gasteiger partial charge in [0.2, 0.25) is 0 Å². The van der Waals surface area contributed by atoms with E-state index < -0.39 is 5.60 Å². The highest BCUT2D eigenvalue weighted by molar-refractivity contribution is 5.68. The highest BCUT2D eigenvalue weighted by Gasteiger charge is 2.36. The molecule has 2 unspecified atom stereocenters. The Hall–Kier alpha value is -0.810. The van der Waals surface area contributed by atoms with Crippen LogP contribution in [0.3, 0.4) is 0 Å². The maximum absolute atomic E-state index is 12.4. The molecule has 2 aliphatic rings. The van der Waals surface area contributed by atoms with E-state index in [0.717, 1.165) is 45.6 Å². The predicted molar refractivity (Wildman–Crippen MR) is 79.6 cm³/mol. The molecule has 2 fully saturated rings. The van der Waals surface area contributed by atoms with Gasteiger partial charge in [0.25, 0.3) is 0 Å². The number of carbonyl (C=O) groups is 1. The molecule has 1 N–H and O–H groups in total. The van der Waals surface area contributed by atoms with Crippen molar-refractivity contribution < 1.29 is 9.53 Å². The van der Waals surface area contributed by atoms with Crippen LogP contribution in [0.5, 0.6) is 0 Å². The number of piperazine rings is 1. The second-order valence-electron chi connectivity index (χ2n) is 7.07. The zero-order valence-corrected chi connectivity index (χ0v) is 13.3. The molecular formula is C15H29N3O2. The second-order valence-corrected chi connectivity index (χ2v) is 7.07. The first-order chi connectivity index (χ1) is 9.37. The van der Waals surface area contributed by atoms with E-state index in [9.17, 15) is 4.79 Å². The van der Waals surface area contributed by atoms with Crippen molar-refractivity contribution in [2.45, 2.75) is 52.3 Å². The van der Waals surface area contributed by atoms with Gasteiger partial charge in [0.1, 0.15) is 5.60 Å². The number of rotatable bonds is 1. The topological polar surface area (TPSA) is 44.8 Å². The summed E-state index contributed by atoms with van der Waals surface area (Å²) in [7, 11) is 0. The minimum Gasteiger partial charge on any atom is -0.444 e. The molecule has 2 saturated heterocycles. The highest BCUT2D eigenvalue weighted by Crippen LogP contribution is 2.26. The number of piperidine rings is 1. The molecule has 2 heterocycles. The summed E-state index contributed by atoms with van der Waals surface area (Å²) in [4.78, 5) is 16.8. The van der Waals surface area contributed by atoms with E-state index >= 15 is 0 Å². The van der Waals surface area contributed by atoms with Crippen LogP contribution >= 0.6 is 0 Å². The molecule has 2 atom stereocenters. The fourth-order valence-electron chi connectivity index (χ4n) is 2.97. The summed E-state index contributed by atoms with van der Waals surface area (Å²) in [6.07, 6.45) is 2.17. The molecule has 116 valence electrons. The molecule has 0 bridgehead atoms. The van der Waals surface area contributed by atoms with E-state index in [1.807, 2.05) is 25.7 Å². The molecule has 0 saturated carbocycles. The summed E-state index contributed by atoms with van der Waals surface area (Å²) in [6, 6.07) is 0. The van der Waals surface area contributed by atoms with Crippen molar-refractivity contribution in [3.63, 3.8) is 0 Å². The average molecular weight is 283 g/mol. The van der Waals surface area contributed by atoms with Crippen LogP contribution in [0.15, 0.2) is 0 Å². The van der Waals surface area contributed by atoms with Crippen molar-refractivity contribution >= 4 is 6.09 Å². The zero-order chi connectivity index (χ0) is 14.8. The standard InChI is InChI=1S/C15H29N3O2/c1-12-5-8-18(14(19)20-15(2,3)4)13(11-12)17-9-6-16-7-10-17/h12-13,16H,5-11H2,1-4H3. The van der Waals surface area contributed by atoms with E-state index in [1.54, 1.807) is 0 Å². The third-order valence-electron chi connectivity index (χ3n) is 4.04. The Bertz CT molecular complexity index is 335. The lowest BCUT2D eigenvalue weighted by atomic mass is 9.95. The fraction of sp³-hybridized carbons (Fsp3) is 0.933. The van der Waals surface area contributed by atoms with E-state index in [0.29, 0.717) is 5.92 Å². The minimum atomic E-state index is -0.422. The Morgan fingerprint density at radius 1 is 1.20 bits per heavy atom. The Morgan fingerprint density at radius 3 is 2.45 bits per heavy atom. The molecule has 0 aromatic carbocycles. The van der Waals surface area contributed by atoms with E-state index in [4.69, 9.17) is 4.74 Å². The van der Waals surface area contributed by atoms with Gasteiger partial charge in [-0.2, -0.15) is 0 Å².